The number of nitrogens with zero attached hydrogens (tertiary/aromatic N) is 1. The number of carbonyl (C=O) groups excluding carboxylic acids is 1. The number of carbonyl (C=O) groups is 1. The van der Waals surface area contributed by atoms with Gasteiger partial charge in [-0.1, -0.05) is 13.8 Å². The number of fused-ring (bicyclic) bond motifs is 3. The number of pyridine rings is 1. The van der Waals surface area contributed by atoms with Crippen molar-refractivity contribution in [3.05, 3.63) is 51.3 Å². The Bertz CT molecular complexity index is 1030. The topological polar surface area (TPSA) is 66.8 Å². The molecule has 0 radical (unpaired) electrons. The third-order valence-corrected chi connectivity index (χ3v) is 5.62. The Labute approximate surface area is 186 Å². The van der Waals surface area contributed by atoms with E-state index in [0.29, 0.717) is 48.8 Å². The minimum Gasteiger partial charge on any atom is -0.493 e. The summed E-state index contributed by atoms with van der Waals surface area (Å²) in [6, 6.07) is 5.04. The first kappa shape index (κ1) is 23.9. The van der Waals surface area contributed by atoms with Crippen molar-refractivity contribution in [3.8, 4) is 17.0 Å². The van der Waals surface area contributed by atoms with Gasteiger partial charge in [-0.2, -0.15) is 0 Å². The summed E-state index contributed by atoms with van der Waals surface area (Å²) in [5.74, 6) is -0.308. The fourth-order valence-corrected chi connectivity index (χ4v) is 3.94. The first-order valence-electron chi connectivity index (χ1n) is 10.7. The number of hydrogen-bond acceptors (Lipinski definition) is 5. The summed E-state index contributed by atoms with van der Waals surface area (Å²) < 4.78 is 42.9. The van der Waals surface area contributed by atoms with Gasteiger partial charge in [0.2, 0.25) is 0 Å². The average molecular weight is 449 g/mol. The van der Waals surface area contributed by atoms with Crippen LogP contribution in [-0.4, -0.2) is 43.9 Å². The highest BCUT2D eigenvalue weighted by atomic mass is 19.3. The highest BCUT2D eigenvalue weighted by Crippen LogP contribution is 2.40. The van der Waals surface area contributed by atoms with Gasteiger partial charge in [0, 0.05) is 49.6 Å². The predicted octanol–water partition coefficient (Wildman–Crippen LogP) is 4.41. The maximum atomic E-state index is 12.6. The van der Waals surface area contributed by atoms with Gasteiger partial charge in [0.05, 0.1) is 12.3 Å². The molecule has 1 unspecified atom stereocenters. The molecule has 1 aliphatic rings. The van der Waals surface area contributed by atoms with Crippen LogP contribution in [0.2, 0.25) is 0 Å². The number of hydrogen-bond donors (Lipinski definition) is 0. The lowest BCUT2D eigenvalue weighted by molar-refractivity contribution is 0.0156. The van der Waals surface area contributed by atoms with Crippen LogP contribution in [0.5, 0.6) is 5.75 Å². The number of benzene rings is 1. The first-order chi connectivity index (χ1) is 15.2. The van der Waals surface area contributed by atoms with E-state index in [2.05, 4.69) is 18.4 Å². The first-order valence-corrected chi connectivity index (χ1v) is 10.7. The van der Waals surface area contributed by atoms with Crippen LogP contribution in [0, 0.1) is 12.8 Å². The second-order valence-electron chi connectivity index (χ2n) is 8.32. The van der Waals surface area contributed by atoms with E-state index in [-0.39, 0.29) is 22.8 Å². The van der Waals surface area contributed by atoms with Crippen molar-refractivity contribution in [3.63, 3.8) is 0 Å². The number of ether oxygens (including phenoxy) is 3. The van der Waals surface area contributed by atoms with E-state index in [1.807, 2.05) is 6.20 Å². The molecule has 0 amide bonds. The van der Waals surface area contributed by atoms with Crippen LogP contribution in [0.15, 0.2) is 29.2 Å². The molecule has 0 N–H and O–H groups in total. The monoisotopic (exact) mass is 449 g/mol. The normalized spacial score (nSPS) is 14.9. The molecule has 0 aliphatic carbocycles. The lowest BCUT2D eigenvalue weighted by atomic mass is 9.86. The number of alkyl halides is 2. The summed E-state index contributed by atoms with van der Waals surface area (Å²) in [5.41, 5.74) is 2.91. The van der Waals surface area contributed by atoms with E-state index in [0.717, 1.165) is 5.56 Å². The molecule has 0 saturated carbocycles. The number of rotatable bonds is 9. The minimum atomic E-state index is -2.77. The molecule has 3 rings (SSSR count). The van der Waals surface area contributed by atoms with Crippen LogP contribution in [0.25, 0.3) is 11.3 Å². The van der Waals surface area contributed by atoms with E-state index >= 15 is 0 Å². The highest BCUT2D eigenvalue weighted by Gasteiger charge is 2.29. The van der Waals surface area contributed by atoms with E-state index < -0.39 is 19.0 Å². The van der Waals surface area contributed by atoms with Crippen molar-refractivity contribution in [1.29, 1.82) is 0 Å². The average Bonchev–Trinajstić information content (AvgIpc) is 2.74. The lowest BCUT2D eigenvalue weighted by Gasteiger charge is -2.34. The van der Waals surface area contributed by atoms with Crippen molar-refractivity contribution >= 4 is 5.97 Å². The quantitative estimate of drug-likeness (QED) is 0.419. The fourth-order valence-electron chi connectivity index (χ4n) is 3.94. The Morgan fingerprint density at radius 1 is 1.22 bits per heavy atom. The molecule has 1 atom stereocenters. The molecule has 2 heterocycles. The summed E-state index contributed by atoms with van der Waals surface area (Å²) in [5, 5.41) is 0. The minimum absolute atomic E-state index is 0.0596. The summed E-state index contributed by atoms with van der Waals surface area (Å²) in [7, 11) is 1.58. The van der Waals surface area contributed by atoms with Gasteiger partial charge in [-0.05, 0) is 37.0 Å². The Kier molecular flexibility index (Phi) is 7.66. The zero-order chi connectivity index (χ0) is 23.4. The van der Waals surface area contributed by atoms with Crippen LogP contribution in [0.4, 0.5) is 8.78 Å². The van der Waals surface area contributed by atoms with Gasteiger partial charge in [-0.3, -0.25) is 4.79 Å². The molecule has 0 saturated heterocycles. The third kappa shape index (κ3) is 5.18. The van der Waals surface area contributed by atoms with Crippen LogP contribution in [0.1, 0.15) is 47.8 Å². The van der Waals surface area contributed by atoms with Gasteiger partial charge in [-0.15, -0.1) is 0 Å². The fraction of sp³-hybridized carbons (Fsp3) is 0.500. The molecule has 6 nitrogen and oxygen atoms in total. The summed E-state index contributed by atoms with van der Waals surface area (Å²) in [6.45, 7) is 5.79. The molecule has 0 spiro atoms. The van der Waals surface area contributed by atoms with Crippen molar-refractivity contribution in [2.75, 3.05) is 26.9 Å². The maximum Gasteiger partial charge on any atom is 0.342 e. The Morgan fingerprint density at radius 3 is 2.62 bits per heavy atom. The molecular formula is C24H29F2NO5. The van der Waals surface area contributed by atoms with Crippen LogP contribution >= 0.6 is 0 Å². The lowest BCUT2D eigenvalue weighted by Crippen LogP contribution is -2.27. The van der Waals surface area contributed by atoms with Crippen molar-refractivity contribution < 1.29 is 27.8 Å². The van der Waals surface area contributed by atoms with Gasteiger partial charge >= 0.3 is 5.97 Å². The van der Waals surface area contributed by atoms with Crippen LogP contribution in [0.3, 0.4) is 0 Å². The smallest absolute Gasteiger partial charge is 0.342 e. The summed E-state index contributed by atoms with van der Waals surface area (Å²) in [6.07, 6.45) is 0.362. The highest BCUT2D eigenvalue weighted by molar-refractivity contribution is 5.94. The van der Waals surface area contributed by atoms with E-state index in [9.17, 15) is 18.4 Å². The largest absolute Gasteiger partial charge is 0.493 e. The van der Waals surface area contributed by atoms with Crippen molar-refractivity contribution in [2.45, 2.75) is 46.1 Å². The second kappa shape index (κ2) is 10.3. The van der Waals surface area contributed by atoms with Crippen molar-refractivity contribution in [1.82, 2.24) is 4.57 Å². The Morgan fingerprint density at radius 2 is 1.97 bits per heavy atom. The standard InChI is InChI=1S/C24H29F2NO5/c1-14(2)19-8-16-9-22(31-7-5-6-30-4)18(24(29)32-13-23(25)26)10-17(16)20-11-21(28)15(3)12-27(19)20/h9-12,14,19,23H,5-8,13H2,1-4H3. The van der Waals surface area contributed by atoms with Gasteiger partial charge in [0.1, 0.15) is 11.3 Å². The molecule has 8 heteroatoms. The SMILES string of the molecule is COCCCOc1cc2c(cc1C(=O)OCC(F)F)-c1cc(=O)c(C)cn1C(C(C)C)C2. The zero-order valence-corrected chi connectivity index (χ0v) is 18.8. The molecule has 0 fully saturated rings. The molecule has 0 bridgehead atoms. The number of aryl methyl sites for hydroxylation is 1. The van der Waals surface area contributed by atoms with E-state index in [1.165, 1.54) is 0 Å². The van der Waals surface area contributed by atoms with Crippen LogP contribution < -0.4 is 10.2 Å². The number of esters is 1. The second-order valence-corrected chi connectivity index (χ2v) is 8.32. The molecule has 2 aromatic rings. The zero-order valence-electron chi connectivity index (χ0n) is 18.8. The number of aromatic nitrogens is 1. The van der Waals surface area contributed by atoms with Gasteiger partial charge in [-0.25, -0.2) is 13.6 Å². The third-order valence-electron chi connectivity index (χ3n) is 5.62. The predicted molar refractivity (Wildman–Crippen MR) is 117 cm³/mol. The van der Waals surface area contributed by atoms with Gasteiger partial charge in [0.25, 0.3) is 6.43 Å². The summed E-state index contributed by atoms with van der Waals surface area (Å²) in [4.78, 5) is 25.0. The molecule has 1 aromatic heterocycles. The molecule has 1 aliphatic heterocycles. The Hall–Kier alpha value is -2.74. The number of methoxy groups -OCH3 is 1. The maximum absolute atomic E-state index is 12.6. The van der Waals surface area contributed by atoms with Gasteiger partial charge in [0.15, 0.2) is 12.0 Å². The van der Waals surface area contributed by atoms with Gasteiger partial charge < -0.3 is 18.8 Å². The van der Waals surface area contributed by atoms with Crippen molar-refractivity contribution in [2.24, 2.45) is 5.92 Å². The Balaban J connectivity index is 2.10. The molecule has 32 heavy (non-hydrogen) atoms. The molecule has 1 aromatic carbocycles. The summed E-state index contributed by atoms with van der Waals surface area (Å²) >= 11 is 0. The molecular weight excluding hydrogens is 420 g/mol. The van der Waals surface area contributed by atoms with Crippen LogP contribution in [-0.2, 0) is 15.9 Å². The van der Waals surface area contributed by atoms with E-state index in [1.54, 1.807) is 32.2 Å². The van der Waals surface area contributed by atoms with E-state index in [4.69, 9.17) is 14.2 Å². The number of halogens is 2. The molecule has 174 valence electrons.